The number of hydrogen-bond acceptors (Lipinski definition) is 2. The largest absolute Gasteiger partial charge is 0.359 e. The summed E-state index contributed by atoms with van der Waals surface area (Å²) in [6, 6.07) is 9.82. The molecule has 0 unspecified atom stereocenters. The van der Waals surface area contributed by atoms with Gasteiger partial charge in [0.1, 0.15) is 0 Å². The van der Waals surface area contributed by atoms with Crippen molar-refractivity contribution in [2.24, 2.45) is 5.92 Å². The van der Waals surface area contributed by atoms with E-state index in [2.05, 4.69) is 5.32 Å². The molecule has 1 saturated heterocycles. The van der Waals surface area contributed by atoms with Gasteiger partial charge in [-0.25, -0.2) is 0 Å². The van der Waals surface area contributed by atoms with Crippen LogP contribution in [0.1, 0.15) is 12.0 Å². The molecule has 1 N–H and O–H groups in total. The van der Waals surface area contributed by atoms with E-state index in [0.717, 1.165) is 5.56 Å². The molecule has 1 atom stereocenters. The van der Waals surface area contributed by atoms with Crippen LogP contribution in [0.3, 0.4) is 0 Å². The van der Waals surface area contributed by atoms with Gasteiger partial charge in [0.25, 0.3) is 0 Å². The lowest BCUT2D eigenvalue weighted by atomic mass is 10.1. The molecule has 0 bridgehead atoms. The normalized spacial score (nSPS) is 19.5. The number of rotatable bonds is 3. The lowest BCUT2D eigenvalue weighted by molar-refractivity contribution is -0.129. The minimum atomic E-state index is -0.198. The molecule has 4 heteroatoms. The molecule has 1 aromatic rings. The highest BCUT2D eigenvalue weighted by Crippen LogP contribution is 2.20. The first-order valence-electron chi connectivity index (χ1n) is 5.74. The van der Waals surface area contributed by atoms with E-state index in [-0.39, 0.29) is 17.7 Å². The molecule has 1 aliphatic rings. The van der Waals surface area contributed by atoms with Crippen LogP contribution in [0.4, 0.5) is 0 Å². The van der Waals surface area contributed by atoms with E-state index in [4.69, 9.17) is 0 Å². The van der Waals surface area contributed by atoms with Gasteiger partial charge in [-0.05, 0) is 5.56 Å². The summed E-state index contributed by atoms with van der Waals surface area (Å²) < 4.78 is 0. The SMILES string of the molecule is CNC(=O)[C@@H]1CC(=O)N(Cc2ccccc2)C1. The molecule has 0 aliphatic carbocycles. The third kappa shape index (κ3) is 2.64. The van der Waals surface area contributed by atoms with Gasteiger partial charge in [0.15, 0.2) is 0 Å². The standard InChI is InChI=1S/C13H16N2O2/c1-14-13(17)11-7-12(16)15(9-11)8-10-5-3-2-4-6-10/h2-6,11H,7-9H2,1H3,(H,14,17)/t11-/m1/s1. The van der Waals surface area contributed by atoms with Gasteiger partial charge < -0.3 is 10.2 Å². The van der Waals surface area contributed by atoms with Gasteiger partial charge in [-0.1, -0.05) is 30.3 Å². The highest BCUT2D eigenvalue weighted by molar-refractivity contribution is 5.89. The Morgan fingerprint density at radius 2 is 2.12 bits per heavy atom. The highest BCUT2D eigenvalue weighted by atomic mass is 16.2. The fourth-order valence-electron chi connectivity index (χ4n) is 2.11. The first-order valence-corrected chi connectivity index (χ1v) is 5.74. The zero-order valence-electron chi connectivity index (χ0n) is 9.85. The Morgan fingerprint density at radius 1 is 1.41 bits per heavy atom. The summed E-state index contributed by atoms with van der Waals surface area (Å²) >= 11 is 0. The van der Waals surface area contributed by atoms with Gasteiger partial charge in [0.2, 0.25) is 11.8 Å². The van der Waals surface area contributed by atoms with Gasteiger partial charge in [0, 0.05) is 26.6 Å². The van der Waals surface area contributed by atoms with Crippen molar-refractivity contribution in [2.75, 3.05) is 13.6 Å². The number of likely N-dealkylation sites (tertiary alicyclic amines) is 1. The molecule has 0 spiro atoms. The molecule has 90 valence electrons. The fourth-order valence-corrected chi connectivity index (χ4v) is 2.11. The number of hydrogen-bond donors (Lipinski definition) is 1. The number of carbonyl (C=O) groups is 2. The van der Waals surface area contributed by atoms with E-state index in [1.165, 1.54) is 0 Å². The molecule has 2 rings (SSSR count). The van der Waals surface area contributed by atoms with Crippen molar-refractivity contribution in [3.8, 4) is 0 Å². The lowest BCUT2D eigenvalue weighted by Gasteiger charge is -2.16. The van der Waals surface area contributed by atoms with Crippen molar-refractivity contribution >= 4 is 11.8 Å². The summed E-state index contributed by atoms with van der Waals surface area (Å²) in [5, 5.41) is 2.59. The summed E-state index contributed by atoms with van der Waals surface area (Å²) in [6.07, 6.45) is 0.326. The number of benzene rings is 1. The monoisotopic (exact) mass is 232 g/mol. The second-order valence-corrected chi connectivity index (χ2v) is 4.28. The second-order valence-electron chi connectivity index (χ2n) is 4.28. The van der Waals surface area contributed by atoms with E-state index < -0.39 is 0 Å². The number of amides is 2. The number of nitrogens with one attached hydrogen (secondary N) is 1. The summed E-state index contributed by atoms with van der Waals surface area (Å²) in [7, 11) is 1.60. The van der Waals surface area contributed by atoms with Crippen LogP contribution in [-0.4, -0.2) is 30.3 Å². The zero-order chi connectivity index (χ0) is 12.3. The molecular weight excluding hydrogens is 216 g/mol. The van der Waals surface area contributed by atoms with Crippen molar-refractivity contribution in [1.29, 1.82) is 0 Å². The van der Waals surface area contributed by atoms with Crippen LogP contribution in [0.2, 0.25) is 0 Å². The van der Waals surface area contributed by atoms with Crippen molar-refractivity contribution in [3.63, 3.8) is 0 Å². The third-order valence-electron chi connectivity index (χ3n) is 3.05. The molecule has 0 radical (unpaired) electrons. The summed E-state index contributed by atoms with van der Waals surface area (Å²) in [6.45, 7) is 1.11. The molecule has 17 heavy (non-hydrogen) atoms. The molecule has 4 nitrogen and oxygen atoms in total. The van der Waals surface area contributed by atoms with Crippen LogP contribution in [-0.2, 0) is 16.1 Å². The van der Waals surface area contributed by atoms with Crippen LogP contribution in [0.15, 0.2) is 30.3 Å². The van der Waals surface area contributed by atoms with Crippen molar-refractivity contribution in [3.05, 3.63) is 35.9 Å². The maximum atomic E-state index is 11.8. The zero-order valence-corrected chi connectivity index (χ0v) is 9.85. The molecule has 1 aromatic carbocycles. The average Bonchev–Trinajstić information content (AvgIpc) is 2.71. The van der Waals surface area contributed by atoms with E-state index in [1.807, 2.05) is 30.3 Å². The predicted octanol–water partition coefficient (Wildman–Crippen LogP) is 0.781. The van der Waals surface area contributed by atoms with E-state index in [9.17, 15) is 9.59 Å². The smallest absolute Gasteiger partial charge is 0.225 e. The quantitative estimate of drug-likeness (QED) is 0.837. The molecule has 0 aromatic heterocycles. The third-order valence-corrected chi connectivity index (χ3v) is 3.05. The Labute approximate surface area is 101 Å². The molecule has 0 saturated carbocycles. The van der Waals surface area contributed by atoms with Crippen LogP contribution < -0.4 is 5.32 Å². The van der Waals surface area contributed by atoms with Gasteiger partial charge in [0.05, 0.1) is 5.92 Å². The minimum Gasteiger partial charge on any atom is -0.359 e. The lowest BCUT2D eigenvalue weighted by Crippen LogP contribution is -2.30. The van der Waals surface area contributed by atoms with Crippen LogP contribution in [0.25, 0.3) is 0 Å². The maximum Gasteiger partial charge on any atom is 0.225 e. The van der Waals surface area contributed by atoms with E-state index >= 15 is 0 Å². The van der Waals surface area contributed by atoms with Gasteiger partial charge in [-0.15, -0.1) is 0 Å². The Bertz CT molecular complexity index is 417. The summed E-state index contributed by atoms with van der Waals surface area (Å²) in [5.41, 5.74) is 1.10. The number of nitrogens with zero attached hydrogens (tertiary/aromatic N) is 1. The Morgan fingerprint density at radius 3 is 2.76 bits per heavy atom. The van der Waals surface area contributed by atoms with Crippen molar-refractivity contribution in [2.45, 2.75) is 13.0 Å². The molecule has 2 amide bonds. The van der Waals surface area contributed by atoms with E-state index in [1.54, 1.807) is 11.9 Å². The summed E-state index contributed by atoms with van der Waals surface area (Å²) in [4.78, 5) is 25.0. The second kappa shape index (κ2) is 4.99. The molecular formula is C13H16N2O2. The van der Waals surface area contributed by atoms with Crippen LogP contribution in [0, 0.1) is 5.92 Å². The van der Waals surface area contributed by atoms with Crippen molar-refractivity contribution < 1.29 is 9.59 Å². The average molecular weight is 232 g/mol. The van der Waals surface area contributed by atoms with Crippen LogP contribution in [0.5, 0.6) is 0 Å². The topological polar surface area (TPSA) is 49.4 Å². The van der Waals surface area contributed by atoms with Gasteiger partial charge in [-0.3, -0.25) is 9.59 Å². The molecule has 1 fully saturated rings. The number of carbonyl (C=O) groups excluding carboxylic acids is 2. The minimum absolute atomic E-state index is 0.0473. The Balaban J connectivity index is 1.99. The first-order chi connectivity index (χ1) is 8.20. The predicted molar refractivity (Wildman–Crippen MR) is 64.0 cm³/mol. The molecule has 1 aliphatic heterocycles. The fraction of sp³-hybridized carbons (Fsp3) is 0.385. The summed E-state index contributed by atoms with van der Waals surface area (Å²) in [5.74, 6) is -0.187. The highest BCUT2D eigenvalue weighted by Gasteiger charge is 2.33. The maximum absolute atomic E-state index is 11.8. The first kappa shape index (κ1) is 11.6. The van der Waals surface area contributed by atoms with Crippen LogP contribution >= 0.6 is 0 Å². The van der Waals surface area contributed by atoms with Crippen molar-refractivity contribution in [1.82, 2.24) is 10.2 Å². The molecule has 1 heterocycles. The van der Waals surface area contributed by atoms with E-state index in [0.29, 0.717) is 19.5 Å². The van der Waals surface area contributed by atoms with Gasteiger partial charge >= 0.3 is 0 Å². The Hall–Kier alpha value is -1.84. The Kier molecular flexibility index (Phi) is 3.42. The van der Waals surface area contributed by atoms with Gasteiger partial charge in [-0.2, -0.15) is 0 Å².